The van der Waals surface area contributed by atoms with E-state index in [1.807, 2.05) is 0 Å². The summed E-state index contributed by atoms with van der Waals surface area (Å²) < 4.78 is 82.8. The highest BCUT2D eigenvalue weighted by Crippen LogP contribution is 2.36. The average Bonchev–Trinajstić information content (AvgIpc) is 3.32. The number of hydrogen-bond donors (Lipinski definition) is 1. The van der Waals surface area contributed by atoms with Crippen molar-refractivity contribution in [2.75, 3.05) is 0 Å². The summed E-state index contributed by atoms with van der Waals surface area (Å²) >= 11 is 0. The first-order valence-corrected chi connectivity index (χ1v) is 10.7. The molecule has 4 aromatic rings. The second kappa shape index (κ2) is 10.00. The third kappa shape index (κ3) is 5.66. The van der Waals surface area contributed by atoms with Crippen LogP contribution in [0.15, 0.2) is 77.2 Å². The van der Waals surface area contributed by atoms with Gasteiger partial charge in [0, 0.05) is 18.2 Å². The number of aromatic nitrogens is 1. The Hall–Kier alpha value is -4.68. The van der Waals surface area contributed by atoms with Crippen molar-refractivity contribution < 1.29 is 40.5 Å². The molecule has 0 aliphatic rings. The van der Waals surface area contributed by atoms with E-state index in [-0.39, 0.29) is 29.3 Å². The number of halogens is 6. The van der Waals surface area contributed by atoms with Gasteiger partial charge in [0.1, 0.15) is 0 Å². The molecular weight excluding hydrogens is 520 g/mol. The van der Waals surface area contributed by atoms with E-state index >= 15 is 0 Å². The second-order valence-electron chi connectivity index (χ2n) is 7.92. The standard InChI is InChI=1S/C25H15F6N3O4/c26-24(27,28)16-9-5-14(6-10-16)13-32-22(35)20-21(18-3-1-2-4-19(18)34(36)37)38-23(33-20)15-7-11-17(12-8-15)25(29,30)31/h1-12H,13H2,(H,32,35). The fourth-order valence-electron chi connectivity index (χ4n) is 3.48. The highest BCUT2D eigenvalue weighted by molar-refractivity contribution is 5.99. The van der Waals surface area contributed by atoms with E-state index in [9.17, 15) is 41.3 Å². The van der Waals surface area contributed by atoms with Gasteiger partial charge in [0.15, 0.2) is 11.5 Å². The lowest BCUT2D eigenvalue weighted by Crippen LogP contribution is -2.24. The minimum Gasteiger partial charge on any atom is -0.435 e. The van der Waals surface area contributed by atoms with E-state index in [1.54, 1.807) is 0 Å². The number of para-hydroxylation sites is 1. The molecule has 0 bridgehead atoms. The minimum atomic E-state index is -4.59. The summed E-state index contributed by atoms with van der Waals surface area (Å²) in [7, 11) is 0. The number of carbonyl (C=O) groups excluding carboxylic acids is 1. The number of nitrogens with one attached hydrogen (secondary N) is 1. The summed E-state index contributed by atoms with van der Waals surface area (Å²) in [5.41, 5.74) is -2.33. The number of alkyl halides is 6. The second-order valence-corrected chi connectivity index (χ2v) is 7.92. The van der Waals surface area contributed by atoms with Crippen molar-refractivity contribution in [3.8, 4) is 22.8 Å². The molecular formula is C25H15F6N3O4. The lowest BCUT2D eigenvalue weighted by Gasteiger charge is -2.08. The van der Waals surface area contributed by atoms with Crippen molar-refractivity contribution in [2.24, 2.45) is 0 Å². The SMILES string of the molecule is O=C(NCc1ccc(C(F)(F)F)cc1)c1nc(-c2ccc(C(F)(F)F)cc2)oc1-c1ccccc1[N+](=O)[O-]. The molecule has 0 unspecified atom stereocenters. The summed E-state index contributed by atoms with van der Waals surface area (Å²) in [6, 6.07) is 13.1. The van der Waals surface area contributed by atoms with Gasteiger partial charge < -0.3 is 9.73 Å². The van der Waals surface area contributed by atoms with E-state index < -0.39 is 45.7 Å². The number of oxazole rings is 1. The van der Waals surface area contributed by atoms with Crippen LogP contribution in [-0.2, 0) is 18.9 Å². The van der Waals surface area contributed by atoms with Crippen molar-refractivity contribution >= 4 is 11.6 Å². The fraction of sp³-hybridized carbons (Fsp3) is 0.120. The van der Waals surface area contributed by atoms with Gasteiger partial charge in [-0.1, -0.05) is 24.3 Å². The van der Waals surface area contributed by atoms with Gasteiger partial charge in [-0.25, -0.2) is 4.98 Å². The molecule has 7 nitrogen and oxygen atoms in total. The van der Waals surface area contributed by atoms with Crippen molar-refractivity contribution in [1.29, 1.82) is 0 Å². The molecule has 1 aromatic heterocycles. The summed E-state index contributed by atoms with van der Waals surface area (Å²) in [5.74, 6) is -1.45. The lowest BCUT2D eigenvalue weighted by atomic mass is 10.1. The third-order valence-corrected chi connectivity index (χ3v) is 5.38. The topological polar surface area (TPSA) is 98.3 Å². The Morgan fingerprint density at radius 2 is 1.42 bits per heavy atom. The molecule has 0 aliphatic carbocycles. The van der Waals surface area contributed by atoms with E-state index in [2.05, 4.69) is 10.3 Å². The van der Waals surface area contributed by atoms with E-state index in [4.69, 9.17) is 4.42 Å². The van der Waals surface area contributed by atoms with E-state index in [0.717, 1.165) is 36.4 Å². The first kappa shape index (κ1) is 26.4. The van der Waals surface area contributed by atoms with Gasteiger partial charge in [0.25, 0.3) is 11.6 Å². The van der Waals surface area contributed by atoms with Crippen molar-refractivity contribution in [2.45, 2.75) is 18.9 Å². The van der Waals surface area contributed by atoms with Crippen LogP contribution in [0.3, 0.4) is 0 Å². The Bertz CT molecular complexity index is 1480. The predicted octanol–water partition coefficient (Wildman–Crippen LogP) is 6.88. The predicted molar refractivity (Wildman–Crippen MR) is 122 cm³/mol. The summed E-state index contributed by atoms with van der Waals surface area (Å²) in [6.45, 7) is -0.213. The molecule has 0 fully saturated rings. The zero-order chi connectivity index (χ0) is 27.7. The Labute approximate surface area is 209 Å². The van der Waals surface area contributed by atoms with Crippen LogP contribution in [0.2, 0.25) is 0 Å². The quantitative estimate of drug-likeness (QED) is 0.165. The summed E-state index contributed by atoms with van der Waals surface area (Å²) in [4.78, 5) is 27.9. The zero-order valence-corrected chi connectivity index (χ0v) is 18.9. The number of nitrogens with zero attached hydrogens (tertiary/aromatic N) is 2. The highest BCUT2D eigenvalue weighted by Gasteiger charge is 2.32. The van der Waals surface area contributed by atoms with Crippen molar-refractivity contribution in [3.05, 3.63) is 105 Å². The van der Waals surface area contributed by atoms with Crippen LogP contribution in [0.25, 0.3) is 22.8 Å². The maximum Gasteiger partial charge on any atom is 0.416 e. The van der Waals surface area contributed by atoms with Crippen LogP contribution in [-0.4, -0.2) is 15.8 Å². The maximum atomic E-state index is 13.0. The summed E-state index contributed by atoms with van der Waals surface area (Å²) in [6.07, 6.45) is -9.12. The molecule has 0 spiro atoms. The average molecular weight is 535 g/mol. The number of rotatable bonds is 6. The Kier molecular flexibility index (Phi) is 6.94. The van der Waals surface area contributed by atoms with Gasteiger partial charge in [-0.05, 0) is 48.0 Å². The number of benzene rings is 3. The Morgan fingerprint density at radius 1 is 0.868 bits per heavy atom. The normalized spacial score (nSPS) is 11.8. The van der Waals surface area contributed by atoms with Crippen molar-refractivity contribution in [1.82, 2.24) is 10.3 Å². The van der Waals surface area contributed by atoms with Crippen molar-refractivity contribution in [3.63, 3.8) is 0 Å². The van der Waals surface area contributed by atoms with Gasteiger partial charge in [-0.3, -0.25) is 14.9 Å². The molecule has 196 valence electrons. The molecule has 1 heterocycles. The number of hydrogen-bond acceptors (Lipinski definition) is 5. The molecule has 0 saturated heterocycles. The molecule has 1 N–H and O–H groups in total. The molecule has 0 radical (unpaired) electrons. The van der Waals surface area contributed by atoms with Gasteiger partial charge in [-0.2, -0.15) is 26.3 Å². The van der Waals surface area contributed by atoms with Crippen LogP contribution in [0.4, 0.5) is 32.0 Å². The van der Waals surface area contributed by atoms with Crippen LogP contribution in [0.5, 0.6) is 0 Å². The zero-order valence-electron chi connectivity index (χ0n) is 18.9. The van der Waals surface area contributed by atoms with Crippen LogP contribution >= 0.6 is 0 Å². The van der Waals surface area contributed by atoms with Gasteiger partial charge in [-0.15, -0.1) is 0 Å². The maximum absolute atomic E-state index is 13.0. The molecule has 13 heteroatoms. The van der Waals surface area contributed by atoms with E-state index in [1.165, 1.54) is 36.4 Å². The number of nitro groups is 1. The number of carbonyl (C=O) groups is 1. The first-order chi connectivity index (χ1) is 17.8. The monoisotopic (exact) mass is 535 g/mol. The largest absolute Gasteiger partial charge is 0.435 e. The number of amides is 1. The van der Waals surface area contributed by atoms with E-state index in [0.29, 0.717) is 5.56 Å². The summed E-state index contributed by atoms with van der Waals surface area (Å²) in [5, 5.41) is 14.0. The molecule has 1 amide bonds. The molecule has 0 saturated carbocycles. The number of nitro benzene ring substituents is 1. The minimum absolute atomic E-state index is 0.0691. The van der Waals surface area contributed by atoms with Crippen LogP contribution in [0, 0.1) is 10.1 Å². The molecule has 0 aliphatic heterocycles. The van der Waals surface area contributed by atoms with Crippen LogP contribution < -0.4 is 5.32 Å². The molecule has 38 heavy (non-hydrogen) atoms. The Balaban J connectivity index is 1.69. The third-order valence-electron chi connectivity index (χ3n) is 5.38. The van der Waals surface area contributed by atoms with Gasteiger partial charge in [0.05, 0.1) is 21.6 Å². The van der Waals surface area contributed by atoms with Gasteiger partial charge in [0.2, 0.25) is 5.89 Å². The van der Waals surface area contributed by atoms with Crippen LogP contribution in [0.1, 0.15) is 27.2 Å². The van der Waals surface area contributed by atoms with Gasteiger partial charge >= 0.3 is 12.4 Å². The lowest BCUT2D eigenvalue weighted by molar-refractivity contribution is -0.384. The first-order valence-electron chi connectivity index (χ1n) is 10.7. The molecule has 4 rings (SSSR count). The smallest absolute Gasteiger partial charge is 0.416 e. The molecule has 3 aromatic carbocycles. The highest BCUT2D eigenvalue weighted by atomic mass is 19.4. The fourth-order valence-corrected chi connectivity index (χ4v) is 3.48. The molecule has 0 atom stereocenters. The Morgan fingerprint density at radius 3 is 1.97 bits per heavy atom.